The zero-order chi connectivity index (χ0) is 15.2. The average Bonchev–Trinajstić information content (AvgIpc) is 2.91. The van der Waals surface area contributed by atoms with Crippen LogP contribution in [0.1, 0.15) is 5.76 Å². The van der Waals surface area contributed by atoms with E-state index in [9.17, 15) is 4.79 Å². The molecule has 0 aliphatic rings. The smallest absolute Gasteiger partial charge is 0.279 e. The number of carbonyl (C=O) groups is 1. The van der Waals surface area contributed by atoms with Crippen molar-refractivity contribution in [3.8, 4) is 5.75 Å². The van der Waals surface area contributed by atoms with E-state index in [4.69, 9.17) is 20.8 Å². The van der Waals surface area contributed by atoms with Gasteiger partial charge in [0.25, 0.3) is 5.91 Å². The predicted molar refractivity (Wildman–Crippen MR) is 80.8 cm³/mol. The summed E-state index contributed by atoms with van der Waals surface area (Å²) in [5.41, 5.74) is 0.650. The van der Waals surface area contributed by atoms with E-state index in [1.165, 1.54) is 0 Å². The van der Waals surface area contributed by atoms with Crippen LogP contribution in [-0.4, -0.2) is 26.6 Å². The summed E-state index contributed by atoms with van der Waals surface area (Å²) in [6.45, 7) is 0.994. The standard InChI is InChI=1S/C15H17ClN2O3/c1-18(9-12-4-3-7-21-12)10-15(19)17-11-5-6-14(20-2)13(16)8-11/h3-8H,9-10H2,1-2H3,(H,17,19)/p+1. The van der Waals surface area contributed by atoms with Gasteiger partial charge in [0.1, 0.15) is 12.3 Å². The highest BCUT2D eigenvalue weighted by Gasteiger charge is 2.12. The van der Waals surface area contributed by atoms with Crippen molar-refractivity contribution in [2.45, 2.75) is 6.54 Å². The maximum Gasteiger partial charge on any atom is 0.279 e. The minimum atomic E-state index is -0.0831. The molecule has 1 aromatic carbocycles. The second-order valence-electron chi connectivity index (χ2n) is 4.79. The third kappa shape index (κ3) is 4.51. The van der Waals surface area contributed by atoms with Crippen LogP contribution in [0.5, 0.6) is 5.75 Å². The van der Waals surface area contributed by atoms with Gasteiger partial charge in [-0.3, -0.25) is 4.79 Å². The quantitative estimate of drug-likeness (QED) is 0.852. The molecule has 0 aliphatic carbocycles. The van der Waals surface area contributed by atoms with Crippen LogP contribution in [0.25, 0.3) is 0 Å². The molecule has 2 N–H and O–H groups in total. The van der Waals surface area contributed by atoms with E-state index in [-0.39, 0.29) is 5.91 Å². The van der Waals surface area contributed by atoms with Crippen LogP contribution in [0, 0.1) is 0 Å². The molecule has 0 spiro atoms. The second kappa shape index (κ2) is 7.15. The Balaban J connectivity index is 1.87. The van der Waals surface area contributed by atoms with Gasteiger partial charge >= 0.3 is 0 Å². The van der Waals surface area contributed by atoms with Gasteiger partial charge < -0.3 is 19.4 Å². The summed E-state index contributed by atoms with van der Waals surface area (Å²) in [5.74, 6) is 1.35. The van der Waals surface area contributed by atoms with Crippen LogP contribution >= 0.6 is 11.6 Å². The van der Waals surface area contributed by atoms with Crippen molar-refractivity contribution in [2.75, 3.05) is 26.0 Å². The molecule has 1 heterocycles. The summed E-state index contributed by atoms with van der Waals surface area (Å²) in [5, 5.41) is 3.28. The Bertz CT molecular complexity index is 599. The number of benzene rings is 1. The van der Waals surface area contributed by atoms with E-state index in [2.05, 4.69) is 5.32 Å². The molecule has 0 aliphatic heterocycles. The fourth-order valence-electron chi connectivity index (χ4n) is 2.00. The number of likely N-dealkylation sites (N-methyl/N-ethyl adjacent to an activating group) is 1. The number of amides is 1. The van der Waals surface area contributed by atoms with E-state index in [1.54, 1.807) is 31.6 Å². The van der Waals surface area contributed by atoms with Crippen molar-refractivity contribution in [1.29, 1.82) is 0 Å². The molecule has 0 saturated carbocycles. The minimum Gasteiger partial charge on any atom is -0.495 e. The van der Waals surface area contributed by atoms with Gasteiger partial charge in [-0.25, -0.2) is 0 Å². The summed E-state index contributed by atoms with van der Waals surface area (Å²) < 4.78 is 10.3. The second-order valence-corrected chi connectivity index (χ2v) is 5.19. The average molecular weight is 310 g/mol. The lowest BCUT2D eigenvalue weighted by Gasteiger charge is -2.13. The van der Waals surface area contributed by atoms with Gasteiger partial charge in [0.05, 0.1) is 25.4 Å². The molecule has 1 amide bonds. The fourth-order valence-corrected chi connectivity index (χ4v) is 2.25. The Morgan fingerprint density at radius 1 is 1.43 bits per heavy atom. The van der Waals surface area contributed by atoms with Crippen molar-refractivity contribution in [3.05, 3.63) is 47.4 Å². The minimum absolute atomic E-state index is 0.0831. The summed E-state index contributed by atoms with van der Waals surface area (Å²) in [7, 11) is 3.48. The maximum absolute atomic E-state index is 12.0. The van der Waals surface area contributed by atoms with Crippen molar-refractivity contribution < 1.29 is 18.8 Å². The van der Waals surface area contributed by atoms with Crippen molar-refractivity contribution >= 4 is 23.2 Å². The monoisotopic (exact) mass is 309 g/mol. The van der Waals surface area contributed by atoms with E-state index >= 15 is 0 Å². The number of methoxy groups -OCH3 is 1. The van der Waals surface area contributed by atoms with Gasteiger partial charge in [-0.15, -0.1) is 0 Å². The first-order chi connectivity index (χ1) is 10.1. The van der Waals surface area contributed by atoms with Gasteiger partial charge in [0.15, 0.2) is 12.3 Å². The normalized spacial score (nSPS) is 12.0. The Kier molecular flexibility index (Phi) is 5.25. The van der Waals surface area contributed by atoms with Gasteiger partial charge in [-0.05, 0) is 30.3 Å². The number of ether oxygens (including phenoxy) is 1. The lowest BCUT2D eigenvalue weighted by atomic mass is 10.3. The van der Waals surface area contributed by atoms with Crippen molar-refractivity contribution in [3.63, 3.8) is 0 Å². The molecule has 0 bridgehead atoms. The summed E-state index contributed by atoms with van der Waals surface area (Å²) in [6.07, 6.45) is 1.63. The Labute approximate surface area is 128 Å². The molecule has 1 aromatic heterocycles. The molecular weight excluding hydrogens is 292 g/mol. The van der Waals surface area contributed by atoms with Crippen molar-refractivity contribution in [1.82, 2.24) is 0 Å². The first-order valence-corrected chi connectivity index (χ1v) is 6.93. The molecule has 6 heteroatoms. The van der Waals surface area contributed by atoms with Crippen LogP contribution in [0.2, 0.25) is 5.02 Å². The van der Waals surface area contributed by atoms with E-state index in [1.807, 2.05) is 19.2 Å². The SMILES string of the molecule is COc1ccc(NC(=O)C[NH+](C)Cc2ccco2)cc1Cl. The van der Waals surface area contributed by atoms with Crippen molar-refractivity contribution in [2.24, 2.45) is 0 Å². The Morgan fingerprint density at radius 2 is 2.24 bits per heavy atom. The molecule has 2 aromatic rings. The van der Waals surface area contributed by atoms with Crippen LogP contribution in [0.4, 0.5) is 5.69 Å². The number of quaternary nitrogens is 1. The van der Waals surface area contributed by atoms with E-state index in [0.717, 1.165) is 10.7 Å². The molecule has 0 fully saturated rings. The molecule has 0 radical (unpaired) electrons. The number of rotatable bonds is 6. The van der Waals surface area contributed by atoms with Crippen LogP contribution in [0.3, 0.4) is 0 Å². The van der Waals surface area contributed by atoms with Gasteiger partial charge in [-0.2, -0.15) is 0 Å². The predicted octanol–water partition coefficient (Wildman–Crippen LogP) is 1.60. The zero-order valence-corrected chi connectivity index (χ0v) is 12.7. The first kappa shape index (κ1) is 15.4. The van der Waals surface area contributed by atoms with Gasteiger partial charge in [0, 0.05) is 5.69 Å². The topological polar surface area (TPSA) is 55.9 Å². The number of halogens is 1. The molecule has 1 atom stereocenters. The zero-order valence-electron chi connectivity index (χ0n) is 12.0. The summed E-state index contributed by atoms with van der Waals surface area (Å²) >= 11 is 6.02. The molecule has 21 heavy (non-hydrogen) atoms. The number of furan rings is 1. The number of hydrogen-bond acceptors (Lipinski definition) is 3. The third-order valence-corrected chi connectivity index (χ3v) is 3.25. The molecule has 5 nitrogen and oxygen atoms in total. The third-order valence-electron chi connectivity index (χ3n) is 2.95. The van der Waals surface area contributed by atoms with Crippen LogP contribution in [-0.2, 0) is 11.3 Å². The fraction of sp³-hybridized carbons (Fsp3) is 0.267. The van der Waals surface area contributed by atoms with Gasteiger partial charge in [-0.1, -0.05) is 11.6 Å². The molecular formula is C15H18ClN2O3+. The van der Waals surface area contributed by atoms with E-state index < -0.39 is 0 Å². The number of nitrogens with one attached hydrogen (secondary N) is 2. The first-order valence-electron chi connectivity index (χ1n) is 6.55. The number of carbonyl (C=O) groups excluding carboxylic acids is 1. The lowest BCUT2D eigenvalue weighted by molar-refractivity contribution is -0.886. The Hall–Kier alpha value is -1.98. The summed E-state index contributed by atoms with van der Waals surface area (Å²) in [4.78, 5) is 13.0. The molecule has 0 saturated heterocycles. The highest BCUT2D eigenvalue weighted by molar-refractivity contribution is 6.32. The molecule has 112 valence electrons. The maximum atomic E-state index is 12.0. The molecule has 1 unspecified atom stereocenters. The largest absolute Gasteiger partial charge is 0.495 e. The highest BCUT2D eigenvalue weighted by atomic mass is 35.5. The van der Waals surface area contributed by atoms with E-state index in [0.29, 0.717) is 29.5 Å². The van der Waals surface area contributed by atoms with Crippen LogP contribution < -0.4 is 15.0 Å². The lowest BCUT2D eigenvalue weighted by Crippen LogP contribution is -3.08. The highest BCUT2D eigenvalue weighted by Crippen LogP contribution is 2.26. The molecule has 2 rings (SSSR count). The Morgan fingerprint density at radius 3 is 2.86 bits per heavy atom. The van der Waals surface area contributed by atoms with Crippen LogP contribution in [0.15, 0.2) is 41.0 Å². The summed E-state index contributed by atoms with van der Waals surface area (Å²) in [6, 6.07) is 8.87. The number of anilines is 1. The van der Waals surface area contributed by atoms with Gasteiger partial charge in [0.2, 0.25) is 0 Å². The number of hydrogen-bond donors (Lipinski definition) is 2.